The maximum atomic E-state index is 11.9. The Morgan fingerprint density at radius 1 is 1.12 bits per heavy atom. The van der Waals surface area contributed by atoms with E-state index in [9.17, 15) is 4.79 Å². The van der Waals surface area contributed by atoms with Gasteiger partial charge in [0.05, 0.1) is 5.69 Å². The van der Waals surface area contributed by atoms with E-state index in [0.717, 1.165) is 16.9 Å². The number of hydrogen-bond donors (Lipinski definition) is 1. The molecular formula is C13H14N2O. The number of aromatic nitrogens is 1. The molecule has 2 aromatic rings. The fourth-order valence-electron chi connectivity index (χ4n) is 1.85. The van der Waals surface area contributed by atoms with Crippen LogP contribution in [-0.2, 0) is 0 Å². The lowest BCUT2D eigenvalue weighted by Gasteiger charge is -2.12. The summed E-state index contributed by atoms with van der Waals surface area (Å²) in [5.41, 5.74) is 8.87. The molecule has 3 nitrogen and oxygen atoms in total. The molecule has 0 fully saturated rings. The molecule has 0 bridgehead atoms. The number of aryl methyl sites for hydroxylation is 2. The van der Waals surface area contributed by atoms with Gasteiger partial charge in [-0.15, -0.1) is 0 Å². The third kappa shape index (κ3) is 1.72. The quantitative estimate of drug-likeness (QED) is 0.789. The minimum Gasteiger partial charge on any atom is -0.399 e. The van der Waals surface area contributed by atoms with E-state index in [1.807, 2.05) is 38.1 Å². The zero-order valence-electron chi connectivity index (χ0n) is 9.40. The molecule has 0 saturated heterocycles. The number of hydrogen-bond acceptors (Lipinski definition) is 2. The van der Waals surface area contributed by atoms with E-state index in [4.69, 9.17) is 5.73 Å². The summed E-state index contributed by atoms with van der Waals surface area (Å²) in [6.45, 7) is 3.86. The molecule has 0 aliphatic carbocycles. The van der Waals surface area contributed by atoms with Gasteiger partial charge in [0.1, 0.15) is 0 Å². The van der Waals surface area contributed by atoms with Gasteiger partial charge in [-0.05, 0) is 31.5 Å². The van der Waals surface area contributed by atoms with E-state index in [1.165, 1.54) is 6.07 Å². The van der Waals surface area contributed by atoms with Gasteiger partial charge in [-0.1, -0.05) is 18.2 Å². The van der Waals surface area contributed by atoms with Crippen molar-refractivity contribution in [1.29, 1.82) is 0 Å². The number of nitrogens with two attached hydrogens (primary N) is 1. The van der Waals surface area contributed by atoms with Crippen molar-refractivity contribution in [3.05, 3.63) is 58.0 Å². The number of nitrogens with zero attached hydrogens (tertiary/aromatic N) is 1. The Morgan fingerprint density at radius 2 is 1.81 bits per heavy atom. The standard InChI is InChI=1S/C13H14N2O/c1-9-5-3-4-6-12(9)15-10(2)7-11(14)8-13(15)16/h3-8H,14H2,1-2H3. The van der Waals surface area contributed by atoms with Crippen molar-refractivity contribution in [2.45, 2.75) is 13.8 Å². The third-order valence-electron chi connectivity index (χ3n) is 2.60. The average Bonchev–Trinajstić information content (AvgIpc) is 2.19. The molecule has 1 heterocycles. The van der Waals surface area contributed by atoms with Crippen LogP contribution in [0.5, 0.6) is 0 Å². The first kappa shape index (κ1) is 10.5. The number of rotatable bonds is 1. The summed E-state index contributed by atoms with van der Waals surface area (Å²) in [5.74, 6) is 0. The number of para-hydroxylation sites is 1. The van der Waals surface area contributed by atoms with Gasteiger partial charge >= 0.3 is 0 Å². The third-order valence-corrected chi connectivity index (χ3v) is 2.60. The monoisotopic (exact) mass is 214 g/mol. The lowest BCUT2D eigenvalue weighted by Crippen LogP contribution is -2.20. The van der Waals surface area contributed by atoms with E-state index in [2.05, 4.69) is 0 Å². The second-order valence-corrected chi connectivity index (χ2v) is 3.89. The van der Waals surface area contributed by atoms with Crippen LogP contribution in [0.25, 0.3) is 5.69 Å². The fourth-order valence-corrected chi connectivity index (χ4v) is 1.85. The zero-order chi connectivity index (χ0) is 11.7. The summed E-state index contributed by atoms with van der Waals surface area (Å²) in [4.78, 5) is 11.9. The minimum atomic E-state index is -0.0909. The molecule has 16 heavy (non-hydrogen) atoms. The van der Waals surface area contributed by atoms with Crippen molar-refractivity contribution in [3.63, 3.8) is 0 Å². The van der Waals surface area contributed by atoms with Crippen LogP contribution in [0.2, 0.25) is 0 Å². The number of nitrogen functional groups attached to an aromatic ring is 1. The number of pyridine rings is 1. The Morgan fingerprint density at radius 3 is 2.44 bits per heavy atom. The van der Waals surface area contributed by atoms with Gasteiger partial charge in [-0.25, -0.2) is 0 Å². The van der Waals surface area contributed by atoms with E-state index >= 15 is 0 Å². The van der Waals surface area contributed by atoms with Crippen molar-refractivity contribution >= 4 is 5.69 Å². The predicted molar refractivity (Wildman–Crippen MR) is 65.9 cm³/mol. The van der Waals surface area contributed by atoms with Crippen LogP contribution in [0.3, 0.4) is 0 Å². The number of anilines is 1. The molecule has 1 aromatic heterocycles. The van der Waals surface area contributed by atoms with Crippen LogP contribution in [-0.4, -0.2) is 4.57 Å². The molecule has 0 amide bonds. The smallest absolute Gasteiger partial charge is 0.257 e. The Kier molecular flexibility index (Phi) is 2.52. The van der Waals surface area contributed by atoms with Crippen molar-refractivity contribution in [2.75, 3.05) is 5.73 Å². The first-order valence-electron chi connectivity index (χ1n) is 5.15. The summed E-state index contributed by atoms with van der Waals surface area (Å²) >= 11 is 0. The summed E-state index contributed by atoms with van der Waals surface area (Å²) in [6, 6.07) is 11.0. The number of benzene rings is 1. The van der Waals surface area contributed by atoms with Gasteiger partial charge in [-0.3, -0.25) is 9.36 Å². The van der Waals surface area contributed by atoms with Gasteiger partial charge in [0.2, 0.25) is 0 Å². The van der Waals surface area contributed by atoms with Gasteiger partial charge in [0.15, 0.2) is 0 Å². The predicted octanol–water partition coefficient (Wildman–Crippen LogP) is 2.04. The second kappa shape index (κ2) is 3.85. The van der Waals surface area contributed by atoms with Crippen molar-refractivity contribution in [2.24, 2.45) is 0 Å². The molecule has 0 radical (unpaired) electrons. The molecule has 2 rings (SSSR count). The minimum absolute atomic E-state index is 0.0909. The molecule has 0 atom stereocenters. The maximum Gasteiger partial charge on any atom is 0.257 e. The van der Waals surface area contributed by atoms with E-state index in [1.54, 1.807) is 10.6 Å². The summed E-state index contributed by atoms with van der Waals surface area (Å²) in [7, 11) is 0. The lowest BCUT2D eigenvalue weighted by atomic mass is 10.2. The molecule has 0 unspecified atom stereocenters. The first-order valence-corrected chi connectivity index (χ1v) is 5.15. The molecule has 3 heteroatoms. The Hall–Kier alpha value is -2.03. The van der Waals surface area contributed by atoms with Crippen LogP contribution in [0.15, 0.2) is 41.2 Å². The Labute approximate surface area is 94.1 Å². The summed E-state index contributed by atoms with van der Waals surface area (Å²) < 4.78 is 1.67. The largest absolute Gasteiger partial charge is 0.399 e. The molecule has 0 aliphatic heterocycles. The van der Waals surface area contributed by atoms with Crippen LogP contribution >= 0.6 is 0 Å². The maximum absolute atomic E-state index is 11.9. The highest BCUT2D eigenvalue weighted by molar-refractivity contribution is 5.45. The molecule has 0 spiro atoms. The van der Waals surface area contributed by atoms with E-state index in [-0.39, 0.29) is 5.56 Å². The molecule has 82 valence electrons. The Bertz CT molecular complexity index is 585. The van der Waals surface area contributed by atoms with Gasteiger partial charge in [0.25, 0.3) is 5.56 Å². The topological polar surface area (TPSA) is 48.0 Å². The van der Waals surface area contributed by atoms with E-state index < -0.39 is 0 Å². The van der Waals surface area contributed by atoms with Crippen molar-refractivity contribution < 1.29 is 0 Å². The van der Waals surface area contributed by atoms with Gasteiger partial charge in [-0.2, -0.15) is 0 Å². The zero-order valence-corrected chi connectivity index (χ0v) is 9.40. The SMILES string of the molecule is Cc1ccccc1-n1c(C)cc(N)cc1=O. The van der Waals surface area contributed by atoms with Crippen LogP contribution in [0, 0.1) is 13.8 Å². The highest BCUT2D eigenvalue weighted by atomic mass is 16.1. The summed E-state index contributed by atoms with van der Waals surface area (Å²) in [5, 5.41) is 0. The highest BCUT2D eigenvalue weighted by Crippen LogP contribution is 2.14. The average molecular weight is 214 g/mol. The Balaban J connectivity index is 2.75. The van der Waals surface area contributed by atoms with Crippen LogP contribution < -0.4 is 11.3 Å². The molecule has 0 saturated carbocycles. The normalized spacial score (nSPS) is 10.4. The van der Waals surface area contributed by atoms with Gasteiger partial charge in [0, 0.05) is 17.4 Å². The molecular weight excluding hydrogens is 200 g/mol. The highest BCUT2D eigenvalue weighted by Gasteiger charge is 2.06. The fraction of sp³-hybridized carbons (Fsp3) is 0.154. The first-order chi connectivity index (χ1) is 7.59. The molecule has 2 N–H and O–H groups in total. The van der Waals surface area contributed by atoms with Crippen LogP contribution in [0.1, 0.15) is 11.3 Å². The molecule has 1 aromatic carbocycles. The van der Waals surface area contributed by atoms with Crippen molar-refractivity contribution in [1.82, 2.24) is 4.57 Å². The van der Waals surface area contributed by atoms with E-state index in [0.29, 0.717) is 5.69 Å². The van der Waals surface area contributed by atoms with Crippen molar-refractivity contribution in [3.8, 4) is 5.69 Å². The van der Waals surface area contributed by atoms with Crippen LogP contribution in [0.4, 0.5) is 5.69 Å². The second-order valence-electron chi connectivity index (χ2n) is 3.89. The van der Waals surface area contributed by atoms with Gasteiger partial charge < -0.3 is 5.73 Å². The molecule has 0 aliphatic rings. The summed E-state index contributed by atoms with van der Waals surface area (Å²) in [6.07, 6.45) is 0. The lowest BCUT2D eigenvalue weighted by molar-refractivity contribution is 0.927.